The van der Waals surface area contributed by atoms with Crippen LogP contribution in [-0.4, -0.2) is 18.4 Å². The van der Waals surface area contributed by atoms with Crippen molar-refractivity contribution in [2.24, 2.45) is 0 Å². The van der Waals surface area contributed by atoms with E-state index in [4.69, 9.17) is 11.6 Å². The highest BCUT2D eigenvalue weighted by atomic mass is 79.9. The minimum absolute atomic E-state index is 0.0800. The van der Waals surface area contributed by atoms with Gasteiger partial charge in [-0.3, -0.25) is 9.59 Å². The van der Waals surface area contributed by atoms with E-state index in [2.05, 4.69) is 31.3 Å². The van der Waals surface area contributed by atoms with E-state index in [-0.39, 0.29) is 27.9 Å². The van der Waals surface area contributed by atoms with Crippen molar-refractivity contribution < 1.29 is 23.1 Å². The Hall–Kier alpha value is -2.97. The van der Waals surface area contributed by atoms with Gasteiger partial charge in [0.1, 0.15) is 5.75 Å². The molecule has 0 aromatic heterocycles. The summed E-state index contributed by atoms with van der Waals surface area (Å²) in [6.07, 6.45) is 0. The Bertz CT molecular complexity index is 1100. The number of rotatable bonds is 6. The van der Waals surface area contributed by atoms with Gasteiger partial charge >= 0.3 is 6.61 Å². The second-order valence-corrected chi connectivity index (χ2v) is 7.22. The second-order valence-electron chi connectivity index (χ2n) is 5.96. The molecular weight excluding hydrogens is 482 g/mol. The van der Waals surface area contributed by atoms with Crippen LogP contribution in [0, 0.1) is 0 Å². The van der Waals surface area contributed by atoms with E-state index in [1.165, 1.54) is 18.2 Å². The molecule has 0 saturated carbocycles. The van der Waals surface area contributed by atoms with Gasteiger partial charge in [-0.1, -0.05) is 35.9 Å². The molecule has 0 radical (unpaired) electrons. The van der Waals surface area contributed by atoms with Crippen molar-refractivity contribution in [3.8, 4) is 5.75 Å². The zero-order valence-electron chi connectivity index (χ0n) is 15.2. The fourth-order valence-electron chi connectivity index (χ4n) is 2.59. The van der Waals surface area contributed by atoms with Crippen molar-refractivity contribution in [1.82, 2.24) is 0 Å². The summed E-state index contributed by atoms with van der Waals surface area (Å²) in [5.74, 6) is -1.11. The summed E-state index contributed by atoms with van der Waals surface area (Å²) in [4.78, 5) is 25.3. The van der Waals surface area contributed by atoms with Gasteiger partial charge in [-0.15, -0.1) is 0 Å². The Morgan fingerprint density at radius 3 is 2.20 bits per heavy atom. The third-order valence-corrected chi connectivity index (χ3v) is 4.93. The van der Waals surface area contributed by atoms with Gasteiger partial charge in [0.15, 0.2) is 0 Å². The molecule has 30 heavy (non-hydrogen) atoms. The SMILES string of the molecule is O=C(Nc1ccccc1C(=O)Nc1ccc(OC(F)F)c(Cl)c1)c1ccccc1Br. The second kappa shape index (κ2) is 9.69. The Morgan fingerprint density at radius 1 is 0.900 bits per heavy atom. The molecule has 3 aromatic carbocycles. The highest BCUT2D eigenvalue weighted by Gasteiger charge is 2.16. The monoisotopic (exact) mass is 494 g/mol. The molecule has 2 N–H and O–H groups in total. The van der Waals surface area contributed by atoms with Crippen LogP contribution < -0.4 is 15.4 Å². The molecule has 0 aliphatic heterocycles. The molecule has 0 spiro atoms. The molecule has 0 heterocycles. The molecule has 3 rings (SSSR count). The van der Waals surface area contributed by atoms with E-state index in [1.54, 1.807) is 48.5 Å². The standard InChI is InChI=1S/C21H14BrClF2N2O3/c22-15-7-3-1-5-13(15)19(28)27-17-8-4-2-6-14(17)20(29)26-12-9-10-18(16(23)11-12)30-21(24)25/h1-11,21H,(H,26,29)(H,27,28). The lowest BCUT2D eigenvalue weighted by molar-refractivity contribution is -0.0497. The third-order valence-electron chi connectivity index (χ3n) is 3.94. The fourth-order valence-corrected chi connectivity index (χ4v) is 3.28. The highest BCUT2D eigenvalue weighted by molar-refractivity contribution is 9.10. The average molecular weight is 496 g/mol. The summed E-state index contributed by atoms with van der Waals surface area (Å²) in [6, 6.07) is 17.3. The van der Waals surface area contributed by atoms with E-state index in [0.29, 0.717) is 15.7 Å². The van der Waals surface area contributed by atoms with Crippen molar-refractivity contribution >= 4 is 50.7 Å². The molecule has 0 aliphatic carbocycles. The molecule has 0 bridgehead atoms. The van der Waals surface area contributed by atoms with Crippen molar-refractivity contribution in [3.05, 3.63) is 87.4 Å². The van der Waals surface area contributed by atoms with E-state index >= 15 is 0 Å². The van der Waals surface area contributed by atoms with Gasteiger partial charge in [-0.25, -0.2) is 0 Å². The lowest BCUT2D eigenvalue weighted by Gasteiger charge is -2.13. The summed E-state index contributed by atoms with van der Waals surface area (Å²) in [5, 5.41) is 5.25. The van der Waals surface area contributed by atoms with E-state index < -0.39 is 12.5 Å². The number of halogens is 4. The van der Waals surface area contributed by atoms with Gasteiger partial charge in [0.2, 0.25) is 0 Å². The first-order valence-electron chi connectivity index (χ1n) is 8.56. The summed E-state index contributed by atoms with van der Waals surface area (Å²) in [6.45, 7) is -3.01. The van der Waals surface area contributed by atoms with Crippen LogP contribution in [0.25, 0.3) is 0 Å². The van der Waals surface area contributed by atoms with Crippen molar-refractivity contribution in [1.29, 1.82) is 0 Å². The van der Waals surface area contributed by atoms with Crippen LogP contribution in [0.5, 0.6) is 5.75 Å². The number of hydrogen-bond acceptors (Lipinski definition) is 3. The van der Waals surface area contributed by atoms with Crippen LogP contribution in [-0.2, 0) is 0 Å². The van der Waals surface area contributed by atoms with E-state index in [1.807, 2.05) is 0 Å². The molecule has 0 unspecified atom stereocenters. The Morgan fingerprint density at radius 2 is 1.53 bits per heavy atom. The van der Waals surface area contributed by atoms with Gasteiger partial charge in [0.25, 0.3) is 11.8 Å². The molecule has 3 aromatic rings. The summed E-state index contributed by atoms with van der Waals surface area (Å²) in [7, 11) is 0. The number of nitrogens with one attached hydrogen (secondary N) is 2. The van der Waals surface area contributed by atoms with Gasteiger partial charge in [0.05, 0.1) is 21.8 Å². The van der Waals surface area contributed by atoms with Gasteiger partial charge in [0, 0.05) is 10.2 Å². The first-order chi connectivity index (χ1) is 14.3. The molecule has 0 atom stereocenters. The van der Waals surface area contributed by atoms with Gasteiger partial charge < -0.3 is 15.4 Å². The molecule has 2 amide bonds. The van der Waals surface area contributed by atoms with Gasteiger partial charge in [-0.05, 0) is 58.4 Å². The number of hydrogen-bond donors (Lipinski definition) is 2. The molecule has 5 nitrogen and oxygen atoms in total. The molecule has 0 saturated heterocycles. The largest absolute Gasteiger partial charge is 0.433 e. The molecule has 154 valence electrons. The molecule has 9 heteroatoms. The van der Waals surface area contributed by atoms with Crippen LogP contribution in [0.3, 0.4) is 0 Å². The predicted octanol–water partition coefficient (Wildman–Crippen LogP) is 6.21. The minimum atomic E-state index is -3.01. The first-order valence-corrected chi connectivity index (χ1v) is 9.73. The van der Waals surface area contributed by atoms with Crippen LogP contribution in [0.4, 0.5) is 20.2 Å². The number of amides is 2. The first kappa shape index (κ1) is 21.7. The zero-order chi connectivity index (χ0) is 21.7. The number of para-hydroxylation sites is 1. The van der Waals surface area contributed by atoms with E-state index in [9.17, 15) is 18.4 Å². The lowest BCUT2D eigenvalue weighted by Crippen LogP contribution is -2.18. The van der Waals surface area contributed by atoms with Crippen molar-refractivity contribution in [2.45, 2.75) is 6.61 Å². The summed E-state index contributed by atoms with van der Waals surface area (Å²) >= 11 is 9.23. The highest BCUT2D eigenvalue weighted by Crippen LogP contribution is 2.29. The Labute approximate surface area is 184 Å². The number of anilines is 2. The number of carbonyl (C=O) groups excluding carboxylic acids is 2. The maximum Gasteiger partial charge on any atom is 0.387 e. The fraction of sp³-hybridized carbons (Fsp3) is 0.0476. The Balaban J connectivity index is 1.78. The lowest BCUT2D eigenvalue weighted by atomic mass is 10.1. The van der Waals surface area contributed by atoms with Crippen LogP contribution in [0.15, 0.2) is 71.2 Å². The van der Waals surface area contributed by atoms with Gasteiger partial charge in [-0.2, -0.15) is 8.78 Å². The van der Waals surface area contributed by atoms with E-state index in [0.717, 1.165) is 0 Å². The van der Waals surface area contributed by atoms with Crippen LogP contribution in [0.2, 0.25) is 5.02 Å². The zero-order valence-corrected chi connectivity index (χ0v) is 17.5. The number of ether oxygens (including phenoxy) is 1. The Kier molecular flexibility index (Phi) is 7.02. The summed E-state index contributed by atoms with van der Waals surface area (Å²) in [5.41, 5.74) is 1.20. The third kappa shape index (κ3) is 5.34. The molecule has 0 aliphatic rings. The molecular formula is C21H14BrClF2N2O3. The van der Waals surface area contributed by atoms with Crippen LogP contribution in [0.1, 0.15) is 20.7 Å². The number of alkyl halides is 2. The topological polar surface area (TPSA) is 67.4 Å². The predicted molar refractivity (Wildman–Crippen MR) is 115 cm³/mol. The summed E-state index contributed by atoms with van der Waals surface area (Å²) < 4.78 is 29.6. The normalized spacial score (nSPS) is 10.6. The minimum Gasteiger partial charge on any atom is -0.433 e. The number of benzene rings is 3. The maximum absolute atomic E-state index is 12.7. The van der Waals surface area contributed by atoms with Crippen LogP contribution >= 0.6 is 27.5 Å². The smallest absolute Gasteiger partial charge is 0.387 e. The average Bonchev–Trinajstić information content (AvgIpc) is 2.70. The van der Waals surface area contributed by atoms with Crippen molar-refractivity contribution in [3.63, 3.8) is 0 Å². The van der Waals surface area contributed by atoms with Crippen molar-refractivity contribution in [2.75, 3.05) is 10.6 Å². The maximum atomic E-state index is 12.7. The number of carbonyl (C=O) groups is 2. The quantitative estimate of drug-likeness (QED) is 0.427. The molecule has 0 fully saturated rings.